The van der Waals surface area contributed by atoms with Gasteiger partial charge in [0.2, 0.25) is 15.9 Å². The molecule has 3 rings (SSSR count). The van der Waals surface area contributed by atoms with Gasteiger partial charge in [-0.3, -0.25) is 4.79 Å². The van der Waals surface area contributed by atoms with E-state index in [9.17, 15) is 13.2 Å². The number of amides is 1. The molecule has 1 atom stereocenters. The van der Waals surface area contributed by atoms with Gasteiger partial charge in [0.15, 0.2) is 0 Å². The highest BCUT2D eigenvalue weighted by Gasteiger charge is 2.32. The van der Waals surface area contributed by atoms with E-state index < -0.39 is 10.0 Å². The Hall–Kier alpha value is -1.51. The summed E-state index contributed by atoms with van der Waals surface area (Å²) >= 11 is 1.54. The fourth-order valence-corrected chi connectivity index (χ4v) is 4.02. The first kappa shape index (κ1) is 13.5. The molecule has 0 aliphatic carbocycles. The molecule has 0 saturated carbocycles. The molecule has 1 amide bonds. The Kier molecular flexibility index (Phi) is 3.23. The summed E-state index contributed by atoms with van der Waals surface area (Å²) in [5, 5.41) is 5.04. The van der Waals surface area contributed by atoms with Crippen molar-refractivity contribution in [2.24, 2.45) is 11.1 Å². The number of benzene rings is 1. The molecule has 1 aliphatic heterocycles. The third kappa shape index (κ3) is 2.67. The number of primary sulfonamides is 1. The molecular weight excluding hydrogens is 298 g/mol. The SMILES string of the molecule is NS(=O)(=O)CC1CC(=O)N(c2ccc3scnc3c2)C1. The van der Waals surface area contributed by atoms with E-state index in [1.165, 1.54) is 11.3 Å². The smallest absolute Gasteiger partial charge is 0.227 e. The van der Waals surface area contributed by atoms with Crippen LogP contribution in [0.5, 0.6) is 0 Å². The first-order valence-corrected chi connectivity index (χ1v) is 8.66. The second-order valence-electron chi connectivity index (χ2n) is 4.91. The van der Waals surface area contributed by atoms with E-state index in [4.69, 9.17) is 5.14 Å². The average Bonchev–Trinajstić information content (AvgIpc) is 2.92. The first-order valence-electron chi connectivity index (χ1n) is 6.06. The fraction of sp³-hybridized carbons (Fsp3) is 0.333. The molecule has 106 valence electrons. The molecule has 1 fully saturated rings. The third-order valence-electron chi connectivity index (χ3n) is 3.30. The zero-order valence-electron chi connectivity index (χ0n) is 10.5. The summed E-state index contributed by atoms with van der Waals surface area (Å²) in [6.07, 6.45) is 0.214. The van der Waals surface area contributed by atoms with Gasteiger partial charge < -0.3 is 4.90 Å². The lowest BCUT2D eigenvalue weighted by Gasteiger charge is -2.16. The van der Waals surface area contributed by atoms with Crippen molar-refractivity contribution in [1.29, 1.82) is 0 Å². The van der Waals surface area contributed by atoms with Crippen LogP contribution in [0.2, 0.25) is 0 Å². The molecule has 0 spiro atoms. The van der Waals surface area contributed by atoms with Crippen LogP contribution < -0.4 is 10.0 Å². The molecule has 2 heterocycles. The summed E-state index contributed by atoms with van der Waals surface area (Å²) in [4.78, 5) is 17.8. The number of anilines is 1. The highest BCUT2D eigenvalue weighted by Crippen LogP contribution is 2.29. The van der Waals surface area contributed by atoms with Crippen LogP contribution in [0.25, 0.3) is 10.2 Å². The molecule has 1 unspecified atom stereocenters. The number of sulfonamides is 1. The van der Waals surface area contributed by atoms with Crippen LogP contribution in [-0.4, -0.2) is 31.6 Å². The van der Waals surface area contributed by atoms with Crippen molar-refractivity contribution in [2.75, 3.05) is 17.2 Å². The molecule has 8 heteroatoms. The molecular formula is C12H13N3O3S2. The quantitative estimate of drug-likeness (QED) is 0.912. The molecule has 1 saturated heterocycles. The summed E-state index contributed by atoms with van der Waals surface area (Å²) in [7, 11) is -3.55. The van der Waals surface area contributed by atoms with E-state index in [2.05, 4.69) is 4.98 Å². The van der Waals surface area contributed by atoms with E-state index >= 15 is 0 Å². The molecule has 2 aromatic rings. The van der Waals surface area contributed by atoms with Gasteiger partial charge in [0.1, 0.15) is 0 Å². The van der Waals surface area contributed by atoms with Gasteiger partial charge in [-0.05, 0) is 18.2 Å². The van der Waals surface area contributed by atoms with E-state index in [1.54, 1.807) is 10.4 Å². The van der Waals surface area contributed by atoms with E-state index in [0.717, 1.165) is 15.9 Å². The summed E-state index contributed by atoms with van der Waals surface area (Å²) in [5.74, 6) is -0.481. The number of hydrogen-bond donors (Lipinski definition) is 1. The van der Waals surface area contributed by atoms with Crippen LogP contribution in [0.3, 0.4) is 0 Å². The van der Waals surface area contributed by atoms with Crippen molar-refractivity contribution in [3.8, 4) is 0 Å². The maximum absolute atomic E-state index is 12.0. The van der Waals surface area contributed by atoms with Gasteiger partial charge in [-0.1, -0.05) is 0 Å². The number of carbonyl (C=O) groups is 1. The molecule has 6 nitrogen and oxygen atoms in total. The predicted octanol–water partition coefficient (Wildman–Crippen LogP) is 0.938. The average molecular weight is 311 g/mol. The summed E-state index contributed by atoms with van der Waals surface area (Å²) in [6, 6.07) is 5.63. The van der Waals surface area contributed by atoms with Crippen LogP contribution in [-0.2, 0) is 14.8 Å². The maximum atomic E-state index is 12.0. The van der Waals surface area contributed by atoms with Crippen LogP contribution in [0.1, 0.15) is 6.42 Å². The molecule has 1 aromatic carbocycles. The Morgan fingerprint density at radius 1 is 1.45 bits per heavy atom. The minimum atomic E-state index is -3.55. The highest BCUT2D eigenvalue weighted by atomic mass is 32.2. The number of hydrogen-bond acceptors (Lipinski definition) is 5. The number of fused-ring (bicyclic) bond motifs is 1. The molecule has 1 aliphatic rings. The first-order chi connectivity index (χ1) is 9.42. The fourth-order valence-electron chi connectivity index (χ4n) is 2.49. The number of thiazole rings is 1. The van der Waals surface area contributed by atoms with Gasteiger partial charge in [-0.15, -0.1) is 11.3 Å². The second-order valence-corrected chi connectivity index (χ2v) is 7.45. The molecule has 0 bridgehead atoms. The number of rotatable bonds is 3. The van der Waals surface area contributed by atoms with Crippen LogP contribution in [0, 0.1) is 5.92 Å². The lowest BCUT2D eigenvalue weighted by molar-refractivity contribution is -0.117. The summed E-state index contributed by atoms with van der Waals surface area (Å²) in [6.45, 7) is 0.380. The van der Waals surface area contributed by atoms with Crippen molar-refractivity contribution < 1.29 is 13.2 Å². The molecule has 1 aromatic heterocycles. The Morgan fingerprint density at radius 2 is 2.25 bits per heavy atom. The summed E-state index contributed by atoms with van der Waals surface area (Å²) < 4.78 is 23.3. The standard InChI is InChI=1S/C12H13N3O3S2/c13-20(17,18)6-8-3-12(16)15(5-8)9-1-2-11-10(4-9)14-7-19-11/h1-2,4,7-8H,3,5-6H2,(H2,13,17,18). The van der Waals surface area contributed by atoms with Gasteiger partial charge in [-0.25, -0.2) is 18.5 Å². The van der Waals surface area contributed by atoms with Crippen molar-refractivity contribution in [3.63, 3.8) is 0 Å². The predicted molar refractivity (Wildman–Crippen MR) is 78.1 cm³/mol. The lowest BCUT2D eigenvalue weighted by Crippen LogP contribution is -2.27. The van der Waals surface area contributed by atoms with E-state index in [0.29, 0.717) is 6.54 Å². The second kappa shape index (κ2) is 4.80. The number of carbonyl (C=O) groups excluding carboxylic acids is 1. The minimum Gasteiger partial charge on any atom is -0.312 e. The van der Waals surface area contributed by atoms with Gasteiger partial charge in [0.25, 0.3) is 0 Å². The van der Waals surface area contributed by atoms with Crippen molar-refractivity contribution in [1.82, 2.24) is 4.98 Å². The van der Waals surface area contributed by atoms with Crippen molar-refractivity contribution in [3.05, 3.63) is 23.7 Å². The molecule has 20 heavy (non-hydrogen) atoms. The Labute approximate surface area is 120 Å². The summed E-state index contributed by atoms with van der Waals surface area (Å²) in [5.41, 5.74) is 3.35. The zero-order chi connectivity index (χ0) is 14.3. The monoisotopic (exact) mass is 311 g/mol. The minimum absolute atomic E-state index is 0.0757. The van der Waals surface area contributed by atoms with Gasteiger partial charge in [0, 0.05) is 24.6 Å². The van der Waals surface area contributed by atoms with E-state index in [-0.39, 0.29) is 24.0 Å². The Balaban J connectivity index is 1.85. The van der Waals surface area contributed by atoms with Gasteiger partial charge in [0.05, 0.1) is 21.5 Å². The Bertz CT molecular complexity index is 769. The normalized spacial score (nSPS) is 19.9. The molecule has 0 radical (unpaired) electrons. The van der Waals surface area contributed by atoms with Crippen molar-refractivity contribution in [2.45, 2.75) is 6.42 Å². The largest absolute Gasteiger partial charge is 0.312 e. The van der Waals surface area contributed by atoms with Gasteiger partial charge in [-0.2, -0.15) is 0 Å². The van der Waals surface area contributed by atoms with Crippen LogP contribution >= 0.6 is 11.3 Å². The lowest BCUT2D eigenvalue weighted by atomic mass is 10.1. The van der Waals surface area contributed by atoms with Crippen molar-refractivity contribution >= 4 is 43.2 Å². The number of aromatic nitrogens is 1. The molecule has 2 N–H and O–H groups in total. The number of nitrogens with two attached hydrogens (primary N) is 1. The van der Waals surface area contributed by atoms with E-state index in [1.807, 2.05) is 18.2 Å². The van der Waals surface area contributed by atoms with Crippen LogP contribution in [0.4, 0.5) is 5.69 Å². The van der Waals surface area contributed by atoms with Gasteiger partial charge >= 0.3 is 0 Å². The zero-order valence-corrected chi connectivity index (χ0v) is 12.2. The topological polar surface area (TPSA) is 93.4 Å². The Morgan fingerprint density at radius 3 is 3.00 bits per heavy atom. The maximum Gasteiger partial charge on any atom is 0.227 e. The number of nitrogens with zero attached hydrogens (tertiary/aromatic N) is 2. The van der Waals surface area contributed by atoms with Crippen LogP contribution in [0.15, 0.2) is 23.7 Å². The third-order valence-corrected chi connectivity index (χ3v) is 5.04. The highest BCUT2D eigenvalue weighted by molar-refractivity contribution is 7.89.